The van der Waals surface area contributed by atoms with Crippen LogP contribution in [0, 0.1) is 5.82 Å². The van der Waals surface area contributed by atoms with Gasteiger partial charge in [0.25, 0.3) is 0 Å². The van der Waals surface area contributed by atoms with E-state index in [1.165, 1.54) is 12.1 Å². The molecule has 0 saturated heterocycles. The Kier molecular flexibility index (Phi) is 7.07. The lowest BCUT2D eigenvalue weighted by atomic mass is 10.1. The molecule has 1 amide bonds. The second kappa shape index (κ2) is 9.75. The average molecular weight is 442 g/mol. The average Bonchev–Trinajstić information content (AvgIpc) is 2.73. The summed E-state index contributed by atoms with van der Waals surface area (Å²) in [6.45, 7) is 4.31. The molecule has 7 heteroatoms. The molecule has 0 aliphatic carbocycles. The normalized spacial score (nSPS) is 11.4. The van der Waals surface area contributed by atoms with Gasteiger partial charge in [0.05, 0.1) is 6.42 Å². The van der Waals surface area contributed by atoms with Crippen molar-refractivity contribution in [2.75, 3.05) is 0 Å². The van der Waals surface area contributed by atoms with Crippen LogP contribution in [0.25, 0.3) is 0 Å². The van der Waals surface area contributed by atoms with Crippen LogP contribution >= 0.6 is 0 Å². The van der Waals surface area contributed by atoms with Crippen molar-refractivity contribution >= 4 is 16.0 Å². The number of rotatable bonds is 8. The minimum absolute atomic E-state index is 0.00555. The molecular weight excluding hydrogens is 417 g/mol. The third-order valence-electron chi connectivity index (χ3n) is 4.73. The van der Waals surface area contributed by atoms with Gasteiger partial charge in [-0.1, -0.05) is 42.5 Å². The lowest BCUT2D eigenvalue weighted by Gasteiger charge is -2.27. The second-order valence-electron chi connectivity index (χ2n) is 7.41. The van der Waals surface area contributed by atoms with Gasteiger partial charge in [-0.2, -0.15) is 8.42 Å². The van der Waals surface area contributed by atoms with Crippen LogP contribution in [0.1, 0.15) is 25.0 Å². The van der Waals surface area contributed by atoms with E-state index in [-0.39, 0.29) is 22.6 Å². The van der Waals surface area contributed by atoms with Gasteiger partial charge in [-0.3, -0.25) is 4.79 Å². The molecule has 0 aliphatic rings. The van der Waals surface area contributed by atoms with Gasteiger partial charge in [0, 0.05) is 12.6 Å². The minimum Gasteiger partial charge on any atom is -0.379 e. The van der Waals surface area contributed by atoms with Crippen molar-refractivity contribution in [2.45, 2.75) is 37.8 Å². The van der Waals surface area contributed by atoms with Crippen LogP contribution in [0.2, 0.25) is 0 Å². The van der Waals surface area contributed by atoms with E-state index < -0.39 is 15.9 Å². The summed E-state index contributed by atoms with van der Waals surface area (Å²) >= 11 is 0. The third-order valence-corrected chi connectivity index (χ3v) is 5.99. The molecule has 0 atom stereocenters. The number of nitrogens with zero attached hydrogens (tertiary/aromatic N) is 1. The van der Waals surface area contributed by atoms with E-state index in [1.807, 2.05) is 44.2 Å². The van der Waals surface area contributed by atoms with E-state index >= 15 is 0 Å². The molecule has 0 aromatic heterocycles. The number of benzene rings is 3. The summed E-state index contributed by atoms with van der Waals surface area (Å²) in [6.07, 6.45) is 0.316. The Morgan fingerprint density at radius 2 is 1.52 bits per heavy atom. The summed E-state index contributed by atoms with van der Waals surface area (Å²) in [5.74, 6) is -0.375. The number of hydrogen-bond acceptors (Lipinski definition) is 4. The van der Waals surface area contributed by atoms with Crippen molar-refractivity contribution in [1.29, 1.82) is 0 Å². The van der Waals surface area contributed by atoms with E-state index in [2.05, 4.69) is 0 Å². The summed E-state index contributed by atoms with van der Waals surface area (Å²) in [7, 11) is -4.06. The lowest BCUT2D eigenvalue weighted by molar-refractivity contribution is -0.132. The van der Waals surface area contributed by atoms with E-state index in [0.717, 1.165) is 35.4 Å². The van der Waals surface area contributed by atoms with Gasteiger partial charge in [-0.25, -0.2) is 4.39 Å². The van der Waals surface area contributed by atoms with Crippen molar-refractivity contribution in [2.24, 2.45) is 0 Å². The van der Waals surface area contributed by atoms with Crippen LogP contribution in [-0.4, -0.2) is 25.3 Å². The molecule has 0 spiro atoms. The maximum Gasteiger partial charge on any atom is 0.339 e. The molecule has 3 aromatic carbocycles. The molecule has 0 saturated carbocycles. The maximum atomic E-state index is 13.0. The predicted molar refractivity (Wildman–Crippen MR) is 116 cm³/mol. The van der Waals surface area contributed by atoms with Gasteiger partial charge in [-0.05, 0) is 61.4 Å². The van der Waals surface area contributed by atoms with E-state index in [9.17, 15) is 17.6 Å². The summed E-state index contributed by atoms with van der Waals surface area (Å²) in [5.41, 5.74) is 1.80. The highest BCUT2D eigenvalue weighted by Gasteiger charge is 2.19. The number of carbonyl (C=O) groups excluding carboxylic acids is 1. The van der Waals surface area contributed by atoms with Gasteiger partial charge in [0.15, 0.2) is 0 Å². The SMILES string of the molecule is CC(C)N(Cc1ccc(OS(=O)(=O)c2ccc(F)cc2)cc1)C(=O)Cc1ccccc1. The zero-order chi connectivity index (χ0) is 22.4. The lowest BCUT2D eigenvalue weighted by Crippen LogP contribution is -2.37. The molecule has 3 aromatic rings. The molecule has 0 unspecified atom stereocenters. The smallest absolute Gasteiger partial charge is 0.339 e. The van der Waals surface area contributed by atoms with Crippen molar-refractivity contribution in [3.63, 3.8) is 0 Å². The number of carbonyl (C=O) groups is 1. The zero-order valence-corrected chi connectivity index (χ0v) is 18.2. The van der Waals surface area contributed by atoms with Crippen molar-refractivity contribution < 1.29 is 21.8 Å². The van der Waals surface area contributed by atoms with Crippen LogP contribution in [-0.2, 0) is 27.9 Å². The molecule has 5 nitrogen and oxygen atoms in total. The Bertz CT molecular complexity index is 1110. The fourth-order valence-corrected chi connectivity index (χ4v) is 3.98. The minimum atomic E-state index is -4.06. The first-order valence-corrected chi connectivity index (χ1v) is 11.3. The molecule has 0 heterocycles. The summed E-state index contributed by atoms with van der Waals surface area (Å²) in [4.78, 5) is 14.4. The molecule has 0 fully saturated rings. The quantitative estimate of drug-likeness (QED) is 0.480. The molecular formula is C24H24FNO4S. The van der Waals surface area contributed by atoms with Crippen molar-refractivity contribution in [1.82, 2.24) is 4.90 Å². The van der Waals surface area contributed by atoms with Crippen molar-refractivity contribution in [3.8, 4) is 5.75 Å². The first-order valence-electron chi connectivity index (χ1n) is 9.87. The Morgan fingerprint density at radius 1 is 0.903 bits per heavy atom. The van der Waals surface area contributed by atoms with Crippen LogP contribution in [0.4, 0.5) is 4.39 Å². The van der Waals surface area contributed by atoms with Crippen LogP contribution in [0.3, 0.4) is 0 Å². The highest BCUT2D eigenvalue weighted by Crippen LogP contribution is 2.21. The Balaban J connectivity index is 1.68. The molecule has 162 valence electrons. The predicted octanol–water partition coefficient (Wildman–Crippen LogP) is 4.57. The number of amides is 1. The van der Waals surface area contributed by atoms with Crippen LogP contribution < -0.4 is 4.18 Å². The number of halogens is 1. The fraction of sp³-hybridized carbons (Fsp3) is 0.208. The van der Waals surface area contributed by atoms with Gasteiger partial charge < -0.3 is 9.08 Å². The summed E-state index contributed by atoms with van der Waals surface area (Å²) in [6, 6.07) is 20.5. The number of hydrogen-bond donors (Lipinski definition) is 0. The molecule has 0 aliphatic heterocycles. The van der Waals surface area contributed by atoms with Gasteiger partial charge in [0.2, 0.25) is 5.91 Å². The largest absolute Gasteiger partial charge is 0.379 e. The van der Waals surface area contributed by atoms with Gasteiger partial charge in [-0.15, -0.1) is 0 Å². The van der Waals surface area contributed by atoms with Crippen LogP contribution in [0.15, 0.2) is 83.8 Å². The highest BCUT2D eigenvalue weighted by molar-refractivity contribution is 7.87. The Labute approximate surface area is 182 Å². The first kappa shape index (κ1) is 22.5. The van der Waals surface area contributed by atoms with Gasteiger partial charge >= 0.3 is 10.1 Å². The molecule has 0 N–H and O–H groups in total. The first-order chi connectivity index (χ1) is 14.7. The molecule has 0 radical (unpaired) electrons. The van der Waals surface area contributed by atoms with Gasteiger partial charge in [0.1, 0.15) is 16.5 Å². The highest BCUT2D eigenvalue weighted by atomic mass is 32.2. The Morgan fingerprint density at radius 3 is 2.10 bits per heavy atom. The van der Waals surface area contributed by atoms with Crippen LogP contribution in [0.5, 0.6) is 5.75 Å². The Hall–Kier alpha value is -3.19. The van der Waals surface area contributed by atoms with Crippen molar-refractivity contribution in [3.05, 3.63) is 95.8 Å². The summed E-state index contributed by atoms with van der Waals surface area (Å²) < 4.78 is 42.8. The monoisotopic (exact) mass is 441 g/mol. The topological polar surface area (TPSA) is 63.7 Å². The maximum absolute atomic E-state index is 13.0. The van der Waals surface area contributed by atoms with E-state index in [0.29, 0.717) is 13.0 Å². The standard InChI is InChI=1S/C24H24FNO4S/c1-18(2)26(24(27)16-19-6-4-3-5-7-19)17-20-8-12-22(13-9-20)30-31(28,29)23-14-10-21(25)11-15-23/h3-15,18H,16-17H2,1-2H3. The molecule has 31 heavy (non-hydrogen) atoms. The molecule has 0 bridgehead atoms. The second-order valence-corrected chi connectivity index (χ2v) is 8.96. The zero-order valence-electron chi connectivity index (χ0n) is 17.4. The fourth-order valence-electron chi connectivity index (χ4n) is 3.05. The molecule has 3 rings (SSSR count). The van der Waals surface area contributed by atoms with E-state index in [1.54, 1.807) is 17.0 Å². The summed E-state index contributed by atoms with van der Waals surface area (Å²) in [5, 5.41) is 0. The third kappa shape index (κ3) is 6.15. The van der Waals surface area contributed by atoms with E-state index in [4.69, 9.17) is 4.18 Å².